The fourth-order valence-corrected chi connectivity index (χ4v) is 3.75. The lowest BCUT2D eigenvalue weighted by Crippen LogP contribution is -2.54. The fourth-order valence-electron chi connectivity index (χ4n) is 3.75. The number of benzene rings is 1. The minimum atomic E-state index is -0.790. The molecular weight excluding hydrogens is 272 g/mol. The Balaban J connectivity index is 1.77. The van der Waals surface area contributed by atoms with E-state index in [-0.39, 0.29) is 11.8 Å². The van der Waals surface area contributed by atoms with Gasteiger partial charge in [-0.25, -0.2) is 0 Å². The number of aliphatic hydroxyl groups is 1. The van der Waals surface area contributed by atoms with Gasteiger partial charge in [-0.3, -0.25) is 9.88 Å². The van der Waals surface area contributed by atoms with E-state index in [4.69, 9.17) is 0 Å². The van der Waals surface area contributed by atoms with Crippen LogP contribution in [-0.4, -0.2) is 28.1 Å². The fraction of sp³-hybridized carbons (Fsp3) is 0.421. The molecule has 3 nitrogen and oxygen atoms in total. The van der Waals surface area contributed by atoms with Gasteiger partial charge in [-0.15, -0.1) is 0 Å². The van der Waals surface area contributed by atoms with Crippen LogP contribution in [0.2, 0.25) is 0 Å². The van der Waals surface area contributed by atoms with Crippen LogP contribution in [0.5, 0.6) is 0 Å². The van der Waals surface area contributed by atoms with Crippen molar-refractivity contribution in [1.29, 1.82) is 0 Å². The Hall–Kier alpha value is -1.71. The van der Waals surface area contributed by atoms with Crippen LogP contribution in [0, 0.1) is 11.8 Å². The SMILES string of the molecule is CC1CN(Cc2ccccc2)CC(C)C1(O)c1cccnc1. The summed E-state index contributed by atoms with van der Waals surface area (Å²) in [6.07, 6.45) is 3.56. The zero-order chi connectivity index (χ0) is 15.6. The van der Waals surface area contributed by atoms with Gasteiger partial charge in [0.15, 0.2) is 0 Å². The lowest BCUT2D eigenvalue weighted by atomic mass is 9.71. The summed E-state index contributed by atoms with van der Waals surface area (Å²) in [5.74, 6) is 0.341. The summed E-state index contributed by atoms with van der Waals surface area (Å²) in [6.45, 7) is 7.01. The van der Waals surface area contributed by atoms with E-state index in [0.29, 0.717) is 0 Å². The molecule has 0 aliphatic carbocycles. The van der Waals surface area contributed by atoms with Crippen LogP contribution in [0.3, 0.4) is 0 Å². The van der Waals surface area contributed by atoms with E-state index in [9.17, 15) is 5.11 Å². The van der Waals surface area contributed by atoms with Crippen LogP contribution >= 0.6 is 0 Å². The first-order valence-corrected chi connectivity index (χ1v) is 8.00. The first-order valence-electron chi connectivity index (χ1n) is 8.00. The second-order valence-corrected chi connectivity index (χ2v) is 6.55. The number of hydrogen-bond donors (Lipinski definition) is 1. The number of aromatic nitrogens is 1. The van der Waals surface area contributed by atoms with E-state index in [1.54, 1.807) is 12.4 Å². The highest BCUT2D eigenvalue weighted by atomic mass is 16.3. The number of piperidine rings is 1. The van der Waals surface area contributed by atoms with Crippen molar-refractivity contribution < 1.29 is 5.11 Å². The molecule has 1 fully saturated rings. The van der Waals surface area contributed by atoms with Crippen molar-refractivity contribution in [3.63, 3.8) is 0 Å². The highest BCUT2D eigenvalue weighted by Crippen LogP contribution is 2.41. The molecule has 2 heterocycles. The molecule has 2 aromatic rings. The maximum atomic E-state index is 11.3. The molecule has 1 aliphatic heterocycles. The molecular formula is C19H24N2O. The van der Waals surface area contributed by atoms with Crippen LogP contribution in [0.15, 0.2) is 54.9 Å². The summed E-state index contributed by atoms with van der Waals surface area (Å²) in [7, 11) is 0. The molecule has 1 N–H and O–H groups in total. The predicted octanol–water partition coefficient (Wildman–Crippen LogP) is 3.06. The molecule has 1 aliphatic rings. The van der Waals surface area contributed by atoms with Gasteiger partial charge in [0.1, 0.15) is 0 Å². The Bertz CT molecular complexity index is 587. The first-order chi connectivity index (χ1) is 10.6. The molecule has 1 aromatic carbocycles. The van der Waals surface area contributed by atoms with Crippen molar-refractivity contribution in [1.82, 2.24) is 9.88 Å². The Morgan fingerprint density at radius 2 is 1.77 bits per heavy atom. The van der Waals surface area contributed by atoms with Crippen molar-refractivity contribution in [2.24, 2.45) is 11.8 Å². The molecule has 0 amide bonds. The van der Waals surface area contributed by atoms with Gasteiger partial charge < -0.3 is 5.11 Å². The predicted molar refractivity (Wildman–Crippen MR) is 88.2 cm³/mol. The second-order valence-electron chi connectivity index (χ2n) is 6.55. The Morgan fingerprint density at radius 3 is 2.36 bits per heavy atom. The van der Waals surface area contributed by atoms with E-state index in [1.165, 1.54) is 5.56 Å². The Kier molecular flexibility index (Phi) is 4.27. The van der Waals surface area contributed by atoms with Gasteiger partial charge in [0.2, 0.25) is 0 Å². The minimum Gasteiger partial charge on any atom is -0.384 e. The third-order valence-corrected chi connectivity index (χ3v) is 4.94. The minimum absolute atomic E-state index is 0.171. The lowest BCUT2D eigenvalue weighted by molar-refractivity contribution is -0.114. The summed E-state index contributed by atoms with van der Waals surface area (Å²) in [5, 5.41) is 11.3. The maximum Gasteiger partial charge on any atom is 0.0986 e. The summed E-state index contributed by atoms with van der Waals surface area (Å²) < 4.78 is 0. The molecule has 1 aromatic heterocycles. The normalized spacial score (nSPS) is 29.4. The van der Waals surface area contributed by atoms with Crippen molar-refractivity contribution >= 4 is 0 Å². The molecule has 2 unspecified atom stereocenters. The van der Waals surface area contributed by atoms with E-state index in [0.717, 1.165) is 25.2 Å². The van der Waals surface area contributed by atoms with Crippen molar-refractivity contribution in [2.75, 3.05) is 13.1 Å². The number of pyridine rings is 1. The molecule has 0 bridgehead atoms. The molecule has 3 heteroatoms. The van der Waals surface area contributed by atoms with E-state index in [1.807, 2.05) is 18.2 Å². The van der Waals surface area contributed by atoms with Gasteiger partial charge in [0, 0.05) is 49.4 Å². The highest BCUT2D eigenvalue weighted by Gasteiger charge is 2.45. The zero-order valence-electron chi connectivity index (χ0n) is 13.3. The van der Waals surface area contributed by atoms with Crippen LogP contribution in [0.25, 0.3) is 0 Å². The van der Waals surface area contributed by atoms with Gasteiger partial charge in [-0.2, -0.15) is 0 Å². The number of likely N-dealkylation sites (tertiary alicyclic amines) is 1. The topological polar surface area (TPSA) is 36.4 Å². The third kappa shape index (κ3) is 2.79. The summed E-state index contributed by atoms with van der Waals surface area (Å²) in [4.78, 5) is 6.63. The largest absolute Gasteiger partial charge is 0.384 e. The quantitative estimate of drug-likeness (QED) is 0.945. The monoisotopic (exact) mass is 296 g/mol. The maximum absolute atomic E-state index is 11.3. The average molecular weight is 296 g/mol. The average Bonchev–Trinajstić information content (AvgIpc) is 2.54. The van der Waals surface area contributed by atoms with E-state index in [2.05, 4.69) is 48.0 Å². The van der Waals surface area contributed by atoms with E-state index < -0.39 is 5.60 Å². The first kappa shape index (κ1) is 15.2. The number of hydrogen-bond acceptors (Lipinski definition) is 3. The number of rotatable bonds is 3. The molecule has 22 heavy (non-hydrogen) atoms. The summed E-state index contributed by atoms with van der Waals surface area (Å²) in [5.41, 5.74) is 1.48. The van der Waals surface area contributed by atoms with E-state index >= 15 is 0 Å². The molecule has 1 saturated heterocycles. The van der Waals surface area contributed by atoms with Crippen LogP contribution in [0.4, 0.5) is 0 Å². The highest BCUT2D eigenvalue weighted by molar-refractivity contribution is 5.22. The third-order valence-electron chi connectivity index (χ3n) is 4.94. The van der Waals surface area contributed by atoms with Gasteiger partial charge in [-0.1, -0.05) is 50.2 Å². The Labute approximate surface area is 132 Å². The van der Waals surface area contributed by atoms with Gasteiger partial charge >= 0.3 is 0 Å². The second kappa shape index (κ2) is 6.19. The van der Waals surface area contributed by atoms with Gasteiger partial charge in [-0.05, 0) is 11.6 Å². The Morgan fingerprint density at radius 1 is 1.09 bits per heavy atom. The smallest absolute Gasteiger partial charge is 0.0986 e. The molecule has 0 radical (unpaired) electrons. The standard InChI is InChI=1S/C19H24N2O/c1-15-12-21(14-17-7-4-3-5-8-17)13-16(2)19(15,22)18-9-6-10-20-11-18/h3-11,15-16,22H,12-14H2,1-2H3. The summed E-state index contributed by atoms with van der Waals surface area (Å²) in [6, 6.07) is 14.4. The molecule has 3 rings (SSSR count). The zero-order valence-corrected chi connectivity index (χ0v) is 13.3. The number of nitrogens with zero attached hydrogens (tertiary/aromatic N) is 2. The molecule has 0 spiro atoms. The van der Waals surface area contributed by atoms with Gasteiger partial charge in [0.05, 0.1) is 5.60 Å². The summed E-state index contributed by atoms with van der Waals surface area (Å²) >= 11 is 0. The van der Waals surface area contributed by atoms with Crippen LogP contribution in [0.1, 0.15) is 25.0 Å². The van der Waals surface area contributed by atoms with Crippen LogP contribution in [-0.2, 0) is 12.1 Å². The van der Waals surface area contributed by atoms with Gasteiger partial charge in [0.25, 0.3) is 0 Å². The molecule has 116 valence electrons. The van der Waals surface area contributed by atoms with Crippen LogP contribution < -0.4 is 0 Å². The molecule has 2 atom stereocenters. The lowest BCUT2D eigenvalue weighted by Gasteiger charge is -2.48. The van der Waals surface area contributed by atoms with Crippen molar-refractivity contribution in [3.8, 4) is 0 Å². The van der Waals surface area contributed by atoms with Crippen molar-refractivity contribution in [3.05, 3.63) is 66.0 Å². The molecule has 0 saturated carbocycles. The van der Waals surface area contributed by atoms with Crippen molar-refractivity contribution in [2.45, 2.75) is 26.0 Å².